The van der Waals surface area contributed by atoms with E-state index in [0.717, 1.165) is 62.8 Å². The number of hydrogen-bond acceptors (Lipinski definition) is 5. The second-order valence-electron chi connectivity index (χ2n) is 11.3. The van der Waals surface area contributed by atoms with Crippen LogP contribution in [0.4, 0.5) is 5.82 Å². The average Bonchev–Trinajstić information content (AvgIpc) is 3.21. The fourth-order valence-corrected chi connectivity index (χ4v) is 7.60. The Balaban J connectivity index is 1.07. The summed E-state index contributed by atoms with van der Waals surface area (Å²) in [7, 11) is 0. The van der Waals surface area contributed by atoms with Gasteiger partial charge in [-0.3, -0.25) is 0 Å². The predicted octanol–water partition coefficient (Wildman–Crippen LogP) is 2.52. The fraction of sp³-hybridized carbons (Fsp3) is 0.382. The van der Waals surface area contributed by atoms with Crippen molar-refractivity contribution in [3.63, 3.8) is 0 Å². The number of pyridine rings is 1. The van der Waals surface area contributed by atoms with Crippen LogP contribution in [-0.4, -0.2) is 44.4 Å². The fourth-order valence-electron chi connectivity index (χ4n) is 5.91. The number of ether oxygens (including phenoxy) is 2. The maximum absolute atomic E-state index is 5.89. The normalized spacial score (nSPS) is 26.1. The number of allylic oxidation sites excluding steroid dienone is 2. The Kier molecular flexibility index (Phi) is 8.15. The molecule has 1 aromatic heterocycles. The van der Waals surface area contributed by atoms with Crippen LogP contribution in [0.1, 0.15) is 48.1 Å². The third-order valence-electron chi connectivity index (χ3n) is 8.53. The van der Waals surface area contributed by atoms with Gasteiger partial charge < -0.3 is 4.74 Å². The molecule has 6 heteroatoms. The molecule has 40 heavy (non-hydrogen) atoms. The molecule has 1 saturated carbocycles. The van der Waals surface area contributed by atoms with Gasteiger partial charge in [0.05, 0.1) is 0 Å². The van der Waals surface area contributed by atoms with Crippen molar-refractivity contribution in [2.24, 2.45) is 5.92 Å². The summed E-state index contributed by atoms with van der Waals surface area (Å²) in [5, 5.41) is 3.59. The van der Waals surface area contributed by atoms with Gasteiger partial charge in [-0.25, -0.2) is 0 Å². The third-order valence-corrected chi connectivity index (χ3v) is 10.5. The van der Waals surface area contributed by atoms with Crippen molar-refractivity contribution in [3.05, 3.63) is 96.8 Å². The standard InChI is InChI=1S/C34H37IN3O2/c1-4-34(3)23-40-22-28-9-8-26(19-31(28)34)24(2)36-21-25-16-27(10-11-35-20-25)29-17-30(18-29)32-6-5-7-33(37-32)38-12-14-39-15-13-38/h1,5-11,16,19-20,29-30,36H,2,12-15,17-18,21-23H2,3H3/q-1/t29?,30?,34-/m1/s1. The van der Waals surface area contributed by atoms with Crippen LogP contribution in [-0.2, 0) is 21.5 Å². The summed E-state index contributed by atoms with van der Waals surface area (Å²) in [6, 6.07) is 12.9. The molecule has 1 N–H and O–H groups in total. The first-order valence-corrected chi connectivity index (χ1v) is 16.6. The van der Waals surface area contributed by atoms with Crippen LogP contribution in [0.2, 0.25) is 0 Å². The van der Waals surface area contributed by atoms with Gasteiger partial charge in [0.1, 0.15) is 0 Å². The summed E-state index contributed by atoms with van der Waals surface area (Å²) in [5.74, 6) is 5.16. The van der Waals surface area contributed by atoms with Crippen LogP contribution in [0.15, 0.2) is 74.4 Å². The molecule has 1 atom stereocenters. The molecule has 1 saturated heterocycles. The molecule has 2 aromatic rings. The van der Waals surface area contributed by atoms with Crippen molar-refractivity contribution in [2.75, 3.05) is 44.4 Å². The molecule has 3 aliphatic heterocycles. The summed E-state index contributed by atoms with van der Waals surface area (Å²) in [6.07, 6.45) is 13.0. The van der Waals surface area contributed by atoms with E-state index >= 15 is 0 Å². The van der Waals surface area contributed by atoms with Gasteiger partial charge >= 0.3 is 245 Å². The molecule has 5 nitrogen and oxygen atoms in total. The monoisotopic (exact) mass is 646 g/mol. The van der Waals surface area contributed by atoms with E-state index < -0.39 is 5.41 Å². The second-order valence-corrected chi connectivity index (χ2v) is 13.4. The van der Waals surface area contributed by atoms with Gasteiger partial charge in [-0.2, -0.15) is 0 Å². The third kappa shape index (κ3) is 5.79. The van der Waals surface area contributed by atoms with Crippen LogP contribution < -0.4 is 31.4 Å². The molecule has 208 valence electrons. The van der Waals surface area contributed by atoms with Crippen LogP contribution in [0.3, 0.4) is 0 Å². The Morgan fingerprint density at radius 2 is 2.05 bits per heavy atom. The zero-order valence-electron chi connectivity index (χ0n) is 23.2. The molecule has 1 aliphatic carbocycles. The molecule has 0 radical (unpaired) electrons. The van der Waals surface area contributed by atoms with Crippen molar-refractivity contribution in [1.29, 1.82) is 0 Å². The van der Waals surface area contributed by atoms with Crippen molar-refractivity contribution >= 4 is 11.5 Å². The van der Waals surface area contributed by atoms with E-state index in [-0.39, 0.29) is 21.2 Å². The van der Waals surface area contributed by atoms with Crippen molar-refractivity contribution in [1.82, 2.24) is 10.3 Å². The molecule has 0 spiro atoms. The van der Waals surface area contributed by atoms with E-state index in [9.17, 15) is 0 Å². The van der Waals surface area contributed by atoms with E-state index in [4.69, 9.17) is 20.9 Å². The zero-order chi connectivity index (χ0) is 27.5. The summed E-state index contributed by atoms with van der Waals surface area (Å²) >= 11 is -0.0939. The molecular formula is C34H37IN3O2-. The number of morpholine rings is 1. The molecule has 0 amide bonds. The van der Waals surface area contributed by atoms with Crippen LogP contribution in [0.25, 0.3) is 5.70 Å². The van der Waals surface area contributed by atoms with Gasteiger partial charge in [-0.05, 0) is 0 Å². The predicted molar refractivity (Wildman–Crippen MR) is 157 cm³/mol. The number of nitrogens with one attached hydrogen (secondary N) is 1. The Bertz CT molecular complexity index is 1410. The van der Waals surface area contributed by atoms with Gasteiger partial charge in [0.2, 0.25) is 0 Å². The Labute approximate surface area is 248 Å². The molecule has 6 rings (SSSR count). The number of aromatic nitrogens is 1. The van der Waals surface area contributed by atoms with E-state index in [0.29, 0.717) is 25.0 Å². The van der Waals surface area contributed by atoms with Crippen LogP contribution in [0.5, 0.6) is 0 Å². The first-order chi connectivity index (χ1) is 19.5. The average molecular weight is 647 g/mol. The number of halogens is 1. The number of terminal acetylenes is 1. The number of benzene rings is 1. The second kappa shape index (κ2) is 11.9. The Morgan fingerprint density at radius 1 is 1.20 bits per heavy atom. The van der Waals surface area contributed by atoms with Gasteiger partial charge in [0.15, 0.2) is 0 Å². The molecule has 0 bridgehead atoms. The molecule has 2 fully saturated rings. The minimum absolute atomic E-state index is 0.0939. The van der Waals surface area contributed by atoms with Crippen LogP contribution >= 0.6 is 0 Å². The number of rotatable bonds is 7. The quantitative estimate of drug-likeness (QED) is 0.371. The summed E-state index contributed by atoms with van der Waals surface area (Å²) in [4.78, 5) is 7.38. The van der Waals surface area contributed by atoms with E-state index in [1.165, 1.54) is 28.0 Å². The first kappa shape index (κ1) is 27.3. The summed E-state index contributed by atoms with van der Waals surface area (Å²) in [5.41, 5.74) is 7.99. The summed E-state index contributed by atoms with van der Waals surface area (Å²) < 4.78 is 16.1. The molecule has 4 heterocycles. The number of anilines is 1. The van der Waals surface area contributed by atoms with Crippen molar-refractivity contribution in [3.8, 4) is 12.3 Å². The van der Waals surface area contributed by atoms with Crippen molar-refractivity contribution < 1.29 is 30.7 Å². The first-order valence-electron chi connectivity index (χ1n) is 14.1. The Morgan fingerprint density at radius 3 is 2.88 bits per heavy atom. The van der Waals surface area contributed by atoms with Gasteiger partial charge in [-0.15, -0.1) is 0 Å². The molecule has 0 unspecified atom stereocenters. The SMILES string of the molecule is C#C[C@]1(C)COCc2ccc(C(=C)NCC3=C[I-]C=CC(C4CC(c5cccc(N6CCOCC6)n5)C4)=C3)cc21. The van der Waals surface area contributed by atoms with E-state index in [1.807, 2.05) is 0 Å². The zero-order valence-corrected chi connectivity index (χ0v) is 25.3. The topological polar surface area (TPSA) is 46.6 Å². The van der Waals surface area contributed by atoms with Gasteiger partial charge in [0.25, 0.3) is 0 Å². The van der Waals surface area contributed by atoms with Crippen molar-refractivity contribution in [2.45, 2.75) is 37.7 Å². The minimum atomic E-state index is -0.401. The molecule has 1 aromatic carbocycles. The summed E-state index contributed by atoms with van der Waals surface area (Å²) in [6.45, 7) is 11.8. The van der Waals surface area contributed by atoms with Gasteiger partial charge in [-0.1, -0.05) is 0 Å². The van der Waals surface area contributed by atoms with E-state index in [2.05, 4.69) is 86.4 Å². The molecule has 4 aliphatic rings. The molecular weight excluding hydrogens is 609 g/mol. The Hall–Kier alpha value is -2.86. The number of nitrogens with zero attached hydrogens (tertiary/aromatic N) is 2. The van der Waals surface area contributed by atoms with E-state index in [1.54, 1.807) is 0 Å². The maximum atomic E-state index is 5.89. The number of hydrogen-bond donors (Lipinski definition) is 1. The number of fused-ring (bicyclic) bond motifs is 1. The van der Waals surface area contributed by atoms with Crippen LogP contribution in [0, 0.1) is 18.3 Å². The van der Waals surface area contributed by atoms with Gasteiger partial charge in [0, 0.05) is 0 Å².